The first kappa shape index (κ1) is 18.2. The summed E-state index contributed by atoms with van der Waals surface area (Å²) in [5, 5.41) is 15.1. The topological polar surface area (TPSA) is 90.8 Å². The van der Waals surface area contributed by atoms with Crippen molar-refractivity contribution in [3.05, 3.63) is 60.2 Å². The third-order valence-corrected chi connectivity index (χ3v) is 4.77. The summed E-state index contributed by atoms with van der Waals surface area (Å²) < 4.78 is 0. The van der Waals surface area contributed by atoms with Crippen molar-refractivity contribution in [2.45, 2.75) is 6.04 Å². The minimum atomic E-state index is -1.03. The van der Waals surface area contributed by atoms with Gasteiger partial charge in [0.05, 0.1) is 13.2 Å². The lowest BCUT2D eigenvalue weighted by atomic mass is 10.0. The monoisotopic (exact) mass is 369 g/mol. The van der Waals surface area contributed by atoms with Gasteiger partial charge in [0, 0.05) is 11.3 Å². The molecule has 0 saturated heterocycles. The molecule has 3 N–H and O–H groups in total. The molecule has 134 valence electrons. The van der Waals surface area contributed by atoms with Gasteiger partial charge >= 0.3 is 0 Å². The van der Waals surface area contributed by atoms with Gasteiger partial charge in [-0.1, -0.05) is 54.2 Å². The lowest BCUT2D eigenvalue weighted by Gasteiger charge is -2.16. The average Bonchev–Trinajstić information content (AvgIpc) is 3.19. The highest BCUT2D eigenvalue weighted by molar-refractivity contribution is 8.14. The number of nitrogens with one attached hydrogen (secondary N) is 2. The number of carbonyl (C=O) groups is 2. The fourth-order valence-electron chi connectivity index (χ4n) is 2.48. The molecule has 1 aliphatic heterocycles. The zero-order valence-electron chi connectivity index (χ0n) is 14.0. The lowest BCUT2D eigenvalue weighted by Crippen LogP contribution is -2.49. The SMILES string of the molecule is O=C(NC(CO)C(=O)NC1=NCCS1)c1ccc(-c2ccccc2)cc1. The number of amidine groups is 1. The van der Waals surface area contributed by atoms with Gasteiger partial charge in [0.15, 0.2) is 5.17 Å². The van der Waals surface area contributed by atoms with Gasteiger partial charge in [-0.05, 0) is 23.3 Å². The van der Waals surface area contributed by atoms with Crippen LogP contribution in [0.1, 0.15) is 10.4 Å². The van der Waals surface area contributed by atoms with Crippen LogP contribution in [0.3, 0.4) is 0 Å². The molecule has 3 rings (SSSR count). The Balaban J connectivity index is 1.63. The van der Waals surface area contributed by atoms with Gasteiger partial charge in [0.25, 0.3) is 11.8 Å². The number of benzene rings is 2. The van der Waals surface area contributed by atoms with Gasteiger partial charge in [0.1, 0.15) is 6.04 Å². The molecule has 1 aliphatic rings. The number of hydrogen-bond acceptors (Lipinski definition) is 5. The summed E-state index contributed by atoms with van der Waals surface area (Å²) in [5.41, 5.74) is 2.47. The summed E-state index contributed by atoms with van der Waals surface area (Å²) in [6, 6.07) is 15.9. The van der Waals surface area contributed by atoms with Crippen molar-refractivity contribution >= 4 is 28.7 Å². The van der Waals surface area contributed by atoms with Crippen molar-refractivity contribution < 1.29 is 14.7 Å². The average molecular weight is 369 g/mol. The normalized spacial score (nSPS) is 14.4. The van der Waals surface area contributed by atoms with Crippen molar-refractivity contribution in [1.82, 2.24) is 10.6 Å². The molecule has 1 heterocycles. The number of aliphatic hydroxyl groups excluding tert-OH is 1. The molecule has 0 aromatic heterocycles. The van der Waals surface area contributed by atoms with E-state index in [-0.39, 0.29) is 0 Å². The fraction of sp³-hybridized carbons (Fsp3) is 0.211. The van der Waals surface area contributed by atoms with Crippen LogP contribution in [0.15, 0.2) is 59.6 Å². The van der Waals surface area contributed by atoms with Crippen LogP contribution in [0.5, 0.6) is 0 Å². The zero-order valence-corrected chi connectivity index (χ0v) is 14.8. The van der Waals surface area contributed by atoms with E-state index in [0.717, 1.165) is 16.9 Å². The highest BCUT2D eigenvalue weighted by Crippen LogP contribution is 2.19. The van der Waals surface area contributed by atoms with Gasteiger partial charge in [-0.25, -0.2) is 0 Å². The minimum Gasteiger partial charge on any atom is -0.394 e. The first-order valence-corrected chi connectivity index (χ1v) is 9.21. The van der Waals surface area contributed by atoms with E-state index in [2.05, 4.69) is 15.6 Å². The standard InChI is InChI=1S/C19H19N3O3S/c23-12-16(18(25)22-19-20-10-11-26-19)21-17(24)15-8-6-14(7-9-15)13-4-2-1-3-5-13/h1-9,16,23H,10-12H2,(H,21,24)(H,20,22,25). The Bertz CT molecular complexity index is 807. The van der Waals surface area contributed by atoms with Crippen LogP contribution in [0.2, 0.25) is 0 Å². The molecule has 7 heteroatoms. The Morgan fingerprint density at radius 1 is 1.08 bits per heavy atom. The zero-order chi connectivity index (χ0) is 18.4. The maximum absolute atomic E-state index is 12.4. The smallest absolute Gasteiger partial charge is 0.251 e. The van der Waals surface area contributed by atoms with E-state index in [9.17, 15) is 14.7 Å². The number of aliphatic hydroxyl groups is 1. The molecule has 1 atom stereocenters. The first-order chi connectivity index (χ1) is 12.7. The van der Waals surface area contributed by atoms with Gasteiger partial charge in [-0.15, -0.1) is 0 Å². The Morgan fingerprint density at radius 3 is 2.38 bits per heavy atom. The molecule has 0 bridgehead atoms. The van der Waals surface area contributed by atoms with E-state index in [0.29, 0.717) is 17.3 Å². The summed E-state index contributed by atoms with van der Waals surface area (Å²) in [7, 11) is 0. The molecule has 2 aromatic rings. The molecule has 0 aliphatic carbocycles. The molecule has 2 aromatic carbocycles. The van der Waals surface area contributed by atoms with Crippen LogP contribution in [-0.4, -0.2) is 47.0 Å². The summed E-state index contributed by atoms with van der Waals surface area (Å²) in [6.07, 6.45) is 0. The fourth-order valence-corrected chi connectivity index (χ4v) is 3.21. The Labute approximate surface area is 155 Å². The van der Waals surface area contributed by atoms with E-state index in [1.165, 1.54) is 11.8 Å². The number of aliphatic imine (C=N–C) groups is 1. The predicted molar refractivity (Wildman–Crippen MR) is 103 cm³/mol. The van der Waals surface area contributed by atoms with E-state index in [1.54, 1.807) is 12.1 Å². The molecule has 1 unspecified atom stereocenters. The number of nitrogens with zero attached hydrogens (tertiary/aromatic N) is 1. The van der Waals surface area contributed by atoms with Crippen LogP contribution < -0.4 is 10.6 Å². The van der Waals surface area contributed by atoms with Crippen molar-refractivity contribution in [3.63, 3.8) is 0 Å². The summed E-state index contributed by atoms with van der Waals surface area (Å²) in [5.74, 6) is -0.0748. The molecule has 6 nitrogen and oxygen atoms in total. The second-order valence-corrected chi connectivity index (χ2v) is 6.76. The predicted octanol–water partition coefficient (Wildman–Crippen LogP) is 1.66. The number of hydrogen-bond donors (Lipinski definition) is 3. The molecule has 0 saturated carbocycles. The quantitative estimate of drug-likeness (QED) is 0.748. The third kappa shape index (κ3) is 4.50. The van der Waals surface area contributed by atoms with Gasteiger partial charge in [-0.2, -0.15) is 0 Å². The molecular formula is C19H19N3O3S. The molecule has 2 amide bonds. The van der Waals surface area contributed by atoms with Crippen LogP contribution in [0.25, 0.3) is 11.1 Å². The molecule has 0 fully saturated rings. The number of carbonyl (C=O) groups excluding carboxylic acids is 2. The van der Waals surface area contributed by atoms with E-state index < -0.39 is 24.5 Å². The van der Waals surface area contributed by atoms with Gasteiger partial charge in [-0.3, -0.25) is 14.6 Å². The van der Waals surface area contributed by atoms with Gasteiger partial charge < -0.3 is 15.7 Å². The summed E-state index contributed by atoms with van der Waals surface area (Å²) in [4.78, 5) is 28.6. The minimum absolute atomic E-state index is 0.417. The van der Waals surface area contributed by atoms with Crippen LogP contribution >= 0.6 is 11.8 Å². The van der Waals surface area contributed by atoms with Crippen molar-refractivity contribution in [2.75, 3.05) is 18.9 Å². The van der Waals surface area contributed by atoms with Crippen LogP contribution in [-0.2, 0) is 4.79 Å². The Hall–Kier alpha value is -2.64. The Morgan fingerprint density at radius 2 is 1.77 bits per heavy atom. The highest BCUT2D eigenvalue weighted by atomic mass is 32.2. The van der Waals surface area contributed by atoms with E-state index in [4.69, 9.17) is 0 Å². The highest BCUT2D eigenvalue weighted by Gasteiger charge is 2.22. The summed E-state index contributed by atoms with van der Waals surface area (Å²) >= 11 is 1.44. The maximum atomic E-state index is 12.4. The molecule has 0 radical (unpaired) electrons. The van der Waals surface area contributed by atoms with E-state index >= 15 is 0 Å². The number of rotatable bonds is 5. The second-order valence-electron chi connectivity index (χ2n) is 5.68. The largest absolute Gasteiger partial charge is 0.394 e. The van der Waals surface area contributed by atoms with Crippen molar-refractivity contribution in [2.24, 2.45) is 4.99 Å². The van der Waals surface area contributed by atoms with Crippen molar-refractivity contribution in [3.8, 4) is 11.1 Å². The Kier molecular flexibility index (Phi) is 6.04. The molecule has 0 spiro atoms. The van der Waals surface area contributed by atoms with E-state index in [1.807, 2.05) is 42.5 Å². The van der Waals surface area contributed by atoms with Crippen molar-refractivity contribution in [1.29, 1.82) is 0 Å². The van der Waals surface area contributed by atoms with Crippen LogP contribution in [0.4, 0.5) is 0 Å². The third-order valence-electron chi connectivity index (χ3n) is 3.87. The second kappa shape index (κ2) is 8.64. The lowest BCUT2D eigenvalue weighted by molar-refractivity contribution is -0.122. The molecule has 26 heavy (non-hydrogen) atoms. The van der Waals surface area contributed by atoms with Crippen LogP contribution in [0, 0.1) is 0 Å². The molecular weight excluding hydrogens is 350 g/mol. The first-order valence-electron chi connectivity index (χ1n) is 8.22. The van der Waals surface area contributed by atoms with Gasteiger partial charge in [0.2, 0.25) is 0 Å². The maximum Gasteiger partial charge on any atom is 0.251 e. The number of amides is 2. The summed E-state index contributed by atoms with van der Waals surface area (Å²) in [6.45, 7) is 0.168. The number of thioether (sulfide) groups is 1.